The van der Waals surface area contributed by atoms with Crippen LogP contribution in [0.25, 0.3) is 22.2 Å². The van der Waals surface area contributed by atoms with Crippen LogP contribution >= 0.6 is 35.6 Å². The number of esters is 1. The summed E-state index contributed by atoms with van der Waals surface area (Å²) in [7, 11) is 0. The van der Waals surface area contributed by atoms with Crippen LogP contribution in [0.2, 0.25) is 10.0 Å². The molecule has 2 N–H and O–H groups in total. The van der Waals surface area contributed by atoms with E-state index in [1.54, 1.807) is 43.3 Å². The second-order valence-corrected chi connectivity index (χ2v) is 10.5. The predicted molar refractivity (Wildman–Crippen MR) is 170 cm³/mol. The van der Waals surface area contributed by atoms with Crippen molar-refractivity contribution in [3.05, 3.63) is 105 Å². The van der Waals surface area contributed by atoms with Crippen molar-refractivity contribution in [1.82, 2.24) is 15.6 Å². The van der Waals surface area contributed by atoms with Crippen LogP contribution in [-0.2, 0) is 29.3 Å². The zero-order valence-electron chi connectivity index (χ0n) is 24.0. The zero-order valence-corrected chi connectivity index (χ0v) is 26.3. The topological polar surface area (TPSA) is 116 Å². The molecule has 5 rings (SSSR count). The SMILES string of the molecule is CCOC(=O)[C@@H](CO)NCc1cc(Cl)c(OCc2cccc(-c3cccc(F)c3)c2Cl)cc1OCc1ccc2nonc2c1.Cl. The van der Waals surface area contributed by atoms with Gasteiger partial charge in [-0.2, -0.15) is 0 Å². The minimum atomic E-state index is -0.938. The molecule has 0 bridgehead atoms. The van der Waals surface area contributed by atoms with Crippen molar-refractivity contribution in [3.8, 4) is 22.6 Å². The average molecular weight is 677 g/mol. The lowest BCUT2D eigenvalue weighted by atomic mass is 10.0. The van der Waals surface area contributed by atoms with Crippen molar-refractivity contribution >= 4 is 52.6 Å². The summed E-state index contributed by atoms with van der Waals surface area (Å²) in [6, 6.07) is 19.4. The lowest BCUT2D eigenvalue weighted by Gasteiger charge is -2.19. The van der Waals surface area contributed by atoms with Crippen LogP contribution in [0.5, 0.6) is 11.5 Å². The summed E-state index contributed by atoms with van der Waals surface area (Å²) in [6.07, 6.45) is 0. The van der Waals surface area contributed by atoms with Gasteiger partial charge in [-0.25, -0.2) is 9.02 Å². The molecule has 1 aromatic heterocycles. The van der Waals surface area contributed by atoms with Crippen LogP contribution in [0.1, 0.15) is 23.6 Å². The maximum atomic E-state index is 13.8. The third-order valence-corrected chi connectivity index (χ3v) is 7.46. The van der Waals surface area contributed by atoms with E-state index in [9.17, 15) is 14.3 Å². The Hall–Kier alpha value is -3.93. The summed E-state index contributed by atoms with van der Waals surface area (Å²) in [5.74, 6) is -0.178. The Morgan fingerprint density at radius 2 is 1.73 bits per heavy atom. The van der Waals surface area contributed by atoms with Gasteiger partial charge in [-0.1, -0.05) is 59.6 Å². The number of carbonyl (C=O) groups excluding carboxylic acids is 1. The molecule has 0 saturated heterocycles. The highest BCUT2D eigenvalue weighted by atomic mass is 35.5. The molecule has 0 aliphatic rings. The van der Waals surface area contributed by atoms with E-state index in [4.69, 9.17) is 42.0 Å². The van der Waals surface area contributed by atoms with Crippen molar-refractivity contribution in [2.45, 2.75) is 32.7 Å². The molecule has 0 unspecified atom stereocenters. The van der Waals surface area contributed by atoms with E-state index in [1.165, 1.54) is 12.1 Å². The van der Waals surface area contributed by atoms with E-state index >= 15 is 0 Å². The van der Waals surface area contributed by atoms with Crippen LogP contribution < -0.4 is 14.8 Å². The first kappa shape index (κ1) is 34.0. The number of aromatic nitrogens is 2. The van der Waals surface area contributed by atoms with Gasteiger partial charge in [0, 0.05) is 29.3 Å². The standard InChI is InChI=1S/C32H28Cl2FN3O6.ClH/c1-2-41-32(40)28(16-39)36-15-22-13-25(33)30(14-29(22)42-17-19-9-10-26-27(11-19)38-44-37-26)43-18-21-6-4-8-24(31(21)34)20-5-3-7-23(35)12-20;/h3-14,28,36,39H,2,15-18H2,1H3;1H/t28-;/m1./s1. The Labute approximate surface area is 274 Å². The number of hydrogen-bond acceptors (Lipinski definition) is 9. The van der Waals surface area contributed by atoms with E-state index in [0.29, 0.717) is 54.8 Å². The van der Waals surface area contributed by atoms with Gasteiger partial charge in [0.25, 0.3) is 0 Å². The number of benzene rings is 4. The van der Waals surface area contributed by atoms with E-state index in [1.807, 2.05) is 24.3 Å². The number of ether oxygens (including phenoxy) is 3. The second kappa shape index (κ2) is 15.9. The number of aliphatic hydroxyl groups is 1. The Kier molecular flexibility index (Phi) is 12.0. The average Bonchev–Trinajstić information content (AvgIpc) is 3.49. The van der Waals surface area contributed by atoms with Gasteiger partial charge in [0.05, 0.1) is 23.3 Å². The Morgan fingerprint density at radius 1 is 0.956 bits per heavy atom. The monoisotopic (exact) mass is 675 g/mol. The van der Waals surface area contributed by atoms with Gasteiger partial charge >= 0.3 is 5.97 Å². The Balaban J connectivity index is 0.00000461. The Bertz CT molecular complexity index is 1770. The minimum Gasteiger partial charge on any atom is -0.488 e. The fraction of sp³-hybridized carbons (Fsp3) is 0.219. The quantitative estimate of drug-likeness (QED) is 0.128. The van der Waals surface area contributed by atoms with Gasteiger partial charge in [0.2, 0.25) is 0 Å². The van der Waals surface area contributed by atoms with Crippen LogP contribution in [-0.4, -0.2) is 40.6 Å². The number of hydrogen-bond donors (Lipinski definition) is 2. The minimum absolute atomic E-state index is 0. The molecule has 1 atom stereocenters. The van der Waals surface area contributed by atoms with Gasteiger partial charge in [-0.15, -0.1) is 12.4 Å². The number of fused-ring (bicyclic) bond motifs is 1. The van der Waals surface area contributed by atoms with Crippen molar-refractivity contribution < 1.29 is 33.1 Å². The first-order chi connectivity index (χ1) is 21.4. The first-order valence-corrected chi connectivity index (χ1v) is 14.4. The molecule has 0 radical (unpaired) electrons. The maximum absolute atomic E-state index is 13.8. The molecule has 0 saturated carbocycles. The smallest absolute Gasteiger partial charge is 0.325 e. The Morgan fingerprint density at radius 3 is 2.51 bits per heavy atom. The molecule has 45 heavy (non-hydrogen) atoms. The maximum Gasteiger partial charge on any atom is 0.325 e. The van der Waals surface area contributed by atoms with Crippen LogP contribution in [0.3, 0.4) is 0 Å². The molecule has 4 aromatic carbocycles. The molecule has 236 valence electrons. The van der Waals surface area contributed by atoms with E-state index < -0.39 is 18.6 Å². The lowest BCUT2D eigenvalue weighted by Crippen LogP contribution is -2.40. The highest BCUT2D eigenvalue weighted by Crippen LogP contribution is 2.36. The second-order valence-electron chi connectivity index (χ2n) is 9.71. The molecule has 0 aliphatic heterocycles. The van der Waals surface area contributed by atoms with E-state index in [2.05, 4.69) is 15.6 Å². The largest absolute Gasteiger partial charge is 0.488 e. The number of nitrogens with one attached hydrogen (secondary N) is 1. The normalized spacial score (nSPS) is 11.6. The number of halogens is 4. The molecule has 0 amide bonds. The summed E-state index contributed by atoms with van der Waals surface area (Å²) in [6.45, 7) is 1.79. The van der Waals surface area contributed by atoms with Gasteiger partial charge < -0.3 is 19.3 Å². The summed E-state index contributed by atoms with van der Waals surface area (Å²) in [5.41, 5.74) is 4.62. The number of rotatable bonds is 13. The molecular weight excluding hydrogens is 648 g/mol. The van der Waals surface area contributed by atoms with Crippen LogP contribution in [0.4, 0.5) is 4.39 Å². The molecule has 1 heterocycles. The predicted octanol–water partition coefficient (Wildman–Crippen LogP) is 6.93. The third-order valence-electron chi connectivity index (χ3n) is 6.72. The van der Waals surface area contributed by atoms with Crippen molar-refractivity contribution in [2.75, 3.05) is 13.2 Å². The first-order valence-electron chi connectivity index (χ1n) is 13.7. The highest BCUT2D eigenvalue weighted by Gasteiger charge is 2.20. The molecule has 9 nitrogen and oxygen atoms in total. The molecule has 13 heteroatoms. The van der Waals surface area contributed by atoms with Gasteiger partial charge in [-0.05, 0) is 58.7 Å². The molecular formula is C32H29Cl3FN3O6. The zero-order chi connectivity index (χ0) is 31.1. The molecule has 5 aromatic rings. The molecule has 0 spiro atoms. The number of aliphatic hydroxyl groups excluding tert-OH is 1. The van der Waals surface area contributed by atoms with Crippen molar-refractivity contribution in [1.29, 1.82) is 0 Å². The highest BCUT2D eigenvalue weighted by molar-refractivity contribution is 6.34. The molecule has 0 fully saturated rings. The van der Waals surface area contributed by atoms with Gasteiger partial charge in [0.15, 0.2) is 0 Å². The van der Waals surface area contributed by atoms with Gasteiger partial charge in [0.1, 0.15) is 47.6 Å². The van der Waals surface area contributed by atoms with Crippen molar-refractivity contribution in [2.24, 2.45) is 0 Å². The fourth-order valence-electron chi connectivity index (χ4n) is 4.46. The number of nitrogens with zero attached hydrogens (tertiary/aromatic N) is 2. The third kappa shape index (κ3) is 8.42. The fourth-order valence-corrected chi connectivity index (χ4v) is 4.99. The van der Waals surface area contributed by atoms with E-state index in [0.717, 1.165) is 5.56 Å². The van der Waals surface area contributed by atoms with Crippen molar-refractivity contribution in [3.63, 3.8) is 0 Å². The molecule has 0 aliphatic carbocycles. The number of carbonyl (C=O) groups is 1. The van der Waals surface area contributed by atoms with Crippen LogP contribution in [0, 0.1) is 5.82 Å². The summed E-state index contributed by atoms with van der Waals surface area (Å²) < 4.78 is 35.9. The summed E-state index contributed by atoms with van der Waals surface area (Å²) >= 11 is 13.3. The van der Waals surface area contributed by atoms with E-state index in [-0.39, 0.29) is 44.6 Å². The summed E-state index contributed by atoms with van der Waals surface area (Å²) in [5, 5.41) is 21.1. The lowest BCUT2D eigenvalue weighted by molar-refractivity contribution is -0.146. The van der Waals surface area contributed by atoms with Gasteiger partial charge in [-0.3, -0.25) is 10.1 Å². The summed E-state index contributed by atoms with van der Waals surface area (Å²) in [4.78, 5) is 12.2. The van der Waals surface area contributed by atoms with Crippen LogP contribution in [0.15, 0.2) is 77.4 Å².